The molecule has 0 aliphatic rings. The summed E-state index contributed by atoms with van der Waals surface area (Å²) >= 11 is 0. The summed E-state index contributed by atoms with van der Waals surface area (Å²) in [6.45, 7) is 0.205. The zero-order chi connectivity index (χ0) is 11.1. The summed E-state index contributed by atoms with van der Waals surface area (Å²) in [6.07, 6.45) is 4.74. The highest BCUT2D eigenvalue weighted by Crippen LogP contribution is 2.17. The molecule has 0 saturated heterocycles. The molecule has 1 atom stereocenters. The molecule has 0 radical (unpaired) electrons. The Morgan fingerprint density at radius 2 is 1.93 bits per heavy atom. The Balaban J connectivity index is 2.41. The molecule has 0 saturated carbocycles. The molecule has 0 aromatic heterocycles. The summed E-state index contributed by atoms with van der Waals surface area (Å²) in [4.78, 5) is 0. The third-order valence-electron chi connectivity index (χ3n) is 1.86. The number of aliphatic hydroxyl groups is 1. The number of hydrogen-bond donors (Lipinski definition) is 1. The Morgan fingerprint density at radius 3 is 2.47 bits per heavy atom. The van der Waals surface area contributed by atoms with Crippen LogP contribution in [0.2, 0.25) is 0 Å². The summed E-state index contributed by atoms with van der Waals surface area (Å²) in [5, 5.41) is 9.32. The molecule has 3 nitrogen and oxygen atoms in total. The molecular formula is C12H14O3. The molecule has 1 rings (SSSR count). The molecule has 0 aliphatic carbocycles. The Kier molecular flexibility index (Phi) is 4.52. The van der Waals surface area contributed by atoms with Crippen LogP contribution < -0.4 is 9.47 Å². The van der Waals surface area contributed by atoms with E-state index in [0.717, 1.165) is 5.75 Å². The molecule has 15 heavy (non-hydrogen) atoms. The molecule has 0 unspecified atom stereocenters. The lowest BCUT2D eigenvalue weighted by atomic mass is 10.3. The van der Waals surface area contributed by atoms with Crippen molar-refractivity contribution in [1.82, 2.24) is 0 Å². The van der Waals surface area contributed by atoms with Crippen LogP contribution in [0.15, 0.2) is 24.3 Å². The SMILES string of the molecule is C#CC[C@@H](O)COc1ccc(OC)cc1. The molecule has 0 amide bonds. The van der Waals surface area contributed by atoms with Gasteiger partial charge in [0.15, 0.2) is 0 Å². The quantitative estimate of drug-likeness (QED) is 0.741. The van der Waals surface area contributed by atoms with E-state index in [-0.39, 0.29) is 6.61 Å². The largest absolute Gasteiger partial charge is 0.497 e. The second-order valence-electron chi connectivity index (χ2n) is 3.05. The summed E-state index contributed by atoms with van der Waals surface area (Å²) in [7, 11) is 1.60. The Bertz CT molecular complexity index is 324. The minimum Gasteiger partial charge on any atom is -0.497 e. The molecular weight excluding hydrogens is 192 g/mol. The smallest absolute Gasteiger partial charge is 0.119 e. The maximum Gasteiger partial charge on any atom is 0.119 e. The number of rotatable bonds is 5. The summed E-state index contributed by atoms with van der Waals surface area (Å²) in [5.41, 5.74) is 0. The molecule has 80 valence electrons. The van der Waals surface area contributed by atoms with Crippen molar-refractivity contribution >= 4 is 0 Å². The van der Waals surface area contributed by atoms with Gasteiger partial charge in [0, 0.05) is 6.42 Å². The molecule has 0 spiro atoms. The first kappa shape index (κ1) is 11.4. The standard InChI is InChI=1S/C12H14O3/c1-3-4-10(13)9-15-12-7-5-11(14-2)6-8-12/h1,5-8,10,13H,4,9H2,2H3/t10-/m1/s1. The van der Waals surface area contributed by atoms with E-state index in [4.69, 9.17) is 15.9 Å². The first-order valence-corrected chi connectivity index (χ1v) is 4.64. The fourth-order valence-electron chi connectivity index (χ4n) is 1.06. The Hall–Kier alpha value is -1.66. The van der Waals surface area contributed by atoms with Gasteiger partial charge in [0.2, 0.25) is 0 Å². The molecule has 0 bridgehead atoms. The topological polar surface area (TPSA) is 38.7 Å². The van der Waals surface area contributed by atoms with Gasteiger partial charge >= 0.3 is 0 Å². The lowest BCUT2D eigenvalue weighted by molar-refractivity contribution is 0.111. The van der Waals surface area contributed by atoms with E-state index in [9.17, 15) is 5.11 Å². The average molecular weight is 206 g/mol. The van der Waals surface area contributed by atoms with Crippen molar-refractivity contribution in [3.05, 3.63) is 24.3 Å². The molecule has 3 heteroatoms. The van der Waals surface area contributed by atoms with E-state index in [1.807, 2.05) is 0 Å². The predicted octanol–water partition coefficient (Wildman–Crippen LogP) is 1.46. The van der Waals surface area contributed by atoms with Gasteiger partial charge in [0.25, 0.3) is 0 Å². The number of ether oxygens (including phenoxy) is 2. The summed E-state index contributed by atoms with van der Waals surface area (Å²) in [6, 6.07) is 7.15. The van der Waals surface area contributed by atoms with Crippen LogP contribution in [0.25, 0.3) is 0 Å². The maximum absolute atomic E-state index is 9.32. The summed E-state index contributed by atoms with van der Waals surface area (Å²) < 4.78 is 10.3. The number of terminal acetylenes is 1. The maximum atomic E-state index is 9.32. The highest BCUT2D eigenvalue weighted by atomic mass is 16.5. The van der Waals surface area contributed by atoms with Crippen LogP contribution in [0.3, 0.4) is 0 Å². The van der Waals surface area contributed by atoms with Crippen molar-refractivity contribution in [3.63, 3.8) is 0 Å². The second-order valence-corrected chi connectivity index (χ2v) is 3.05. The lowest BCUT2D eigenvalue weighted by Crippen LogP contribution is -2.16. The number of methoxy groups -OCH3 is 1. The lowest BCUT2D eigenvalue weighted by Gasteiger charge is -2.10. The number of aliphatic hydroxyl groups excluding tert-OH is 1. The molecule has 1 N–H and O–H groups in total. The van der Waals surface area contributed by atoms with Crippen LogP contribution >= 0.6 is 0 Å². The van der Waals surface area contributed by atoms with Crippen LogP contribution in [0, 0.1) is 12.3 Å². The van der Waals surface area contributed by atoms with Gasteiger partial charge in [0.1, 0.15) is 18.1 Å². The van der Waals surface area contributed by atoms with Crippen LogP contribution in [-0.4, -0.2) is 24.9 Å². The van der Waals surface area contributed by atoms with Crippen molar-refractivity contribution in [2.45, 2.75) is 12.5 Å². The minimum atomic E-state index is -0.614. The van der Waals surface area contributed by atoms with Gasteiger partial charge in [-0.2, -0.15) is 0 Å². The predicted molar refractivity (Wildman–Crippen MR) is 57.9 cm³/mol. The van der Waals surface area contributed by atoms with E-state index in [1.54, 1.807) is 31.4 Å². The van der Waals surface area contributed by atoms with E-state index < -0.39 is 6.10 Å². The first-order valence-electron chi connectivity index (χ1n) is 4.64. The normalized spacial score (nSPS) is 11.5. The summed E-state index contributed by atoms with van der Waals surface area (Å²) in [5.74, 6) is 3.83. The Morgan fingerprint density at radius 1 is 1.33 bits per heavy atom. The van der Waals surface area contributed by atoms with Crippen molar-refractivity contribution in [2.75, 3.05) is 13.7 Å². The van der Waals surface area contributed by atoms with Crippen LogP contribution in [0.5, 0.6) is 11.5 Å². The molecule has 0 aliphatic heterocycles. The molecule has 0 heterocycles. The van der Waals surface area contributed by atoms with Crippen molar-refractivity contribution in [2.24, 2.45) is 0 Å². The van der Waals surface area contributed by atoms with Gasteiger partial charge in [-0.3, -0.25) is 0 Å². The fourth-order valence-corrected chi connectivity index (χ4v) is 1.06. The third kappa shape index (κ3) is 3.92. The van der Waals surface area contributed by atoms with Crippen LogP contribution in [0.4, 0.5) is 0 Å². The van der Waals surface area contributed by atoms with Crippen molar-refractivity contribution in [3.8, 4) is 23.8 Å². The first-order chi connectivity index (χ1) is 7.26. The molecule has 1 aromatic carbocycles. The van der Waals surface area contributed by atoms with Crippen molar-refractivity contribution in [1.29, 1.82) is 0 Å². The zero-order valence-corrected chi connectivity index (χ0v) is 8.64. The van der Waals surface area contributed by atoms with E-state index in [0.29, 0.717) is 12.2 Å². The van der Waals surface area contributed by atoms with Gasteiger partial charge in [-0.15, -0.1) is 12.3 Å². The fraction of sp³-hybridized carbons (Fsp3) is 0.333. The molecule has 0 fully saturated rings. The highest BCUT2D eigenvalue weighted by molar-refractivity contribution is 5.31. The Labute approximate surface area is 89.6 Å². The number of benzene rings is 1. The minimum absolute atomic E-state index is 0.205. The van der Waals surface area contributed by atoms with Gasteiger partial charge in [0.05, 0.1) is 13.2 Å². The number of hydrogen-bond acceptors (Lipinski definition) is 3. The van der Waals surface area contributed by atoms with Gasteiger partial charge < -0.3 is 14.6 Å². The van der Waals surface area contributed by atoms with Crippen molar-refractivity contribution < 1.29 is 14.6 Å². The van der Waals surface area contributed by atoms with Crippen LogP contribution in [-0.2, 0) is 0 Å². The third-order valence-corrected chi connectivity index (χ3v) is 1.86. The van der Waals surface area contributed by atoms with E-state index in [1.165, 1.54) is 0 Å². The van der Waals surface area contributed by atoms with Gasteiger partial charge in [-0.1, -0.05) is 0 Å². The molecule has 1 aromatic rings. The van der Waals surface area contributed by atoms with Gasteiger partial charge in [-0.05, 0) is 24.3 Å². The van der Waals surface area contributed by atoms with E-state index in [2.05, 4.69) is 5.92 Å². The monoisotopic (exact) mass is 206 g/mol. The zero-order valence-electron chi connectivity index (χ0n) is 8.64. The average Bonchev–Trinajstić information content (AvgIpc) is 2.27. The second kappa shape index (κ2) is 5.94. The van der Waals surface area contributed by atoms with Crippen LogP contribution in [0.1, 0.15) is 6.42 Å². The van der Waals surface area contributed by atoms with Gasteiger partial charge in [-0.25, -0.2) is 0 Å². The highest BCUT2D eigenvalue weighted by Gasteiger charge is 2.02. The van der Waals surface area contributed by atoms with E-state index >= 15 is 0 Å².